The summed E-state index contributed by atoms with van der Waals surface area (Å²) in [5, 5.41) is 21.6. The standard InChI is InChI=1S/C21H26N4O8S/c1-7-11(2)16(20(27)28)33-18-15(25(29)30)17(22-21(23-18)34-6)32-14-9-12(19(26)24(3)4)8-13(10-14)31-5/h8-11,16H,7H2,1-6H3,(H,27,28). The molecule has 184 valence electrons. The molecule has 1 aromatic heterocycles. The van der Waals surface area contributed by atoms with Gasteiger partial charge in [0.1, 0.15) is 11.5 Å². The van der Waals surface area contributed by atoms with Gasteiger partial charge >= 0.3 is 23.4 Å². The van der Waals surface area contributed by atoms with E-state index in [0.29, 0.717) is 6.42 Å². The maximum Gasteiger partial charge on any atom is 0.392 e. The number of methoxy groups -OCH3 is 1. The summed E-state index contributed by atoms with van der Waals surface area (Å²) in [5.41, 5.74) is -0.518. The van der Waals surface area contributed by atoms with Crippen LogP contribution in [0.5, 0.6) is 23.3 Å². The number of aromatic nitrogens is 2. The van der Waals surface area contributed by atoms with E-state index in [-0.39, 0.29) is 28.1 Å². The number of carbonyl (C=O) groups is 2. The Kier molecular flexibility index (Phi) is 9.01. The van der Waals surface area contributed by atoms with E-state index in [1.807, 2.05) is 0 Å². The van der Waals surface area contributed by atoms with Crippen molar-refractivity contribution in [1.29, 1.82) is 0 Å². The molecule has 1 N–H and O–H groups in total. The van der Waals surface area contributed by atoms with Crippen LogP contribution >= 0.6 is 11.8 Å². The molecule has 0 saturated carbocycles. The Bertz CT molecular complexity index is 1080. The van der Waals surface area contributed by atoms with Crippen LogP contribution in [-0.2, 0) is 4.79 Å². The Morgan fingerprint density at radius 3 is 2.32 bits per heavy atom. The highest BCUT2D eigenvalue weighted by molar-refractivity contribution is 7.98. The van der Waals surface area contributed by atoms with Crippen LogP contribution in [0, 0.1) is 16.0 Å². The Morgan fingerprint density at radius 2 is 1.82 bits per heavy atom. The van der Waals surface area contributed by atoms with E-state index in [1.54, 1.807) is 34.2 Å². The monoisotopic (exact) mass is 494 g/mol. The van der Waals surface area contributed by atoms with Gasteiger partial charge in [-0.3, -0.25) is 14.9 Å². The summed E-state index contributed by atoms with van der Waals surface area (Å²) in [6, 6.07) is 4.31. The molecule has 1 aromatic carbocycles. The quantitative estimate of drug-likeness (QED) is 0.211. The van der Waals surface area contributed by atoms with Crippen molar-refractivity contribution in [3.63, 3.8) is 0 Å². The Labute approximate surface area is 200 Å². The molecular formula is C21H26N4O8S. The van der Waals surface area contributed by atoms with Gasteiger partial charge in [0.05, 0.1) is 12.0 Å². The number of aliphatic carboxylic acids is 1. The third-order valence-corrected chi connectivity index (χ3v) is 5.34. The molecule has 0 aliphatic carbocycles. The van der Waals surface area contributed by atoms with Crippen molar-refractivity contribution in [2.45, 2.75) is 31.5 Å². The maximum absolute atomic E-state index is 12.4. The van der Waals surface area contributed by atoms with Crippen LogP contribution in [0.1, 0.15) is 30.6 Å². The summed E-state index contributed by atoms with van der Waals surface area (Å²) < 4.78 is 16.4. The van der Waals surface area contributed by atoms with Crippen LogP contribution in [0.3, 0.4) is 0 Å². The summed E-state index contributed by atoms with van der Waals surface area (Å²) >= 11 is 1.06. The number of rotatable bonds is 11. The van der Waals surface area contributed by atoms with Crippen molar-refractivity contribution in [2.24, 2.45) is 5.92 Å². The zero-order valence-electron chi connectivity index (χ0n) is 19.6. The third-order valence-electron chi connectivity index (χ3n) is 4.79. The van der Waals surface area contributed by atoms with E-state index in [1.165, 1.54) is 30.2 Å². The number of hydrogen-bond donors (Lipinski definition) is 1. The van der Waals surface area contributed by atoms with Gasteiger partial charge in [0.25, 0.3) is 5.91 Å². The fraction of sp³-hybridized carbons (Fsp3) is 0.429. The second-order valence-electron chi connectivity index (χ2n) is 7.39. The van der Waals surface area contributed by atoms with Crippen molar-refractivity contribution in [3.8, 4) is 23.3 Å². The minimum absolute atomic E-state index is 0.0427. The number of carbonyl (C=O) groups excluding carboxylic acids is 1. The number of carboxylic acids is 1. The lowest BCUT2D eigenvalue weighted by molar-refractivity contribution is -0.387. The third kappa shape index (κ3) is 6.25. The van der Waals surface area contributed by atoms with Gasteiger partial charge in [-0.1, -0.05) is 25.6 Å². The van der Waals surface area contributed by atoms with Gasteiger partial charge < -0.3 is 24.2 Å². The van der Waals surface area contributed by atoms with Gasteiger partial charge in [0, 0.05) is 31.6 Å². The Hall–Kier alpha value is -3.61. The molecule has 13 heteroatoms. The molecule has 2 unspecified atom stereocenters. The summed E-state index contributed by atoms with van der Waals surface area (Å²) in [6.07, 6.45) is 0.723. The van der Waals surface area contributed by atoms with Gasteiger partial charge in [0.2, 0.25) is 0 Å². The van der Waals surface area contributed by atoms with Gasteiger partial charge in [-0.05, 0) is 24.8 Å². The molecule has 0 fully saturated rings. The highest BCUT2D eigenvalue weighted by atomic mass is 32.2. The van der Waals surface area contributed by atoms with Gasteiger partial charge in [0.15, 0.2) is 11.3 Å². The molecule has 0 aliphatic rings. The lowest BCUT2D eigenvalue weighted by Crippen LogP contribution is -2.34. The molecule has 2 aromatic rings. The number of thioether (sulfide) groups is 1. The van der Waals surface area contributed by atoms with E-state index < -0.39 is 40.4 Å². The highest BCUT2D eigenvalue weighted by Gasteiger charge is 2.34. The van der Waals surface area contributed by atoms with E-state index >= 15 is 0 Å². The van der Waals surface area contributed by atoms with E-state index in [0.717, 1.165) is 11.8 Å². The second kappa shape index (κ2) is 11.5. The number of ether oxygens (including phenoxy) is 3. The normalized spacial score (nSPS) is 12.4. The predicted octanol–water partition coefficient (Wildman–Crippen LogP) is 3.49. The first kappa shape index (κ1) is 26.6. The molecule has 1 amide bonds. The maximum atomic E-state index is 12.4. The minimum Gasteiger partial charge on any atom is -0.497 e. The van der Waals surface area contributed by atoms with Crippen molar-refractivity contribution in [2.75, 3.05) is 27.5 Å². The first-order valence-corrected chi connectivity index (χ1v) is 11.3. The molecule has 0 aliphatic heterocycles. The van der Waals surface area contributed by atoms with Crippen LogP contribution in [0.4, 0.5) is 5.69 Å². The van der Waals surface area contributed by atoms with Gasteiger partial charge in [-0.2, -0.15) is 9.97 Å². The molecular weight excluding hydrogens is 468 g/mol. The van der Waals surface area contributed by atoms with Crippen molar-refractivity contribution in [1.82, 2.24) is 14.9 Å². The van der Waals surface area contributed by atoms with Crippen molar-refractivity contribution >= 4 is 29.3 Å². The molecule has 2 atom stereocenters. The van der Waals surface area contributed by atoms with Gasteiger partial charge in [-0.25, -0.2) is 4.79 Å². The van der Waals surface area contributed by atoms with E-state index in [2.05, 4.69) is 9.97 Å². The average molecular weight is 495 g/mol. The number of benzene rings is 1. The Morgan fingerprint density at radius 1 is 1.21 bits per heavy atom. The van der Waals surface area contributed by atoms with Crippen LogP contribution in [-0.4, -0.2) is 70.3 Å². The van der Waals surface area contributed by atoms with Crippen LogP contribution < -0.4 is 14.2 Å². The molecule has 2 rings (SSSR count). The fourth-order valence-corrected chi connectivity index (χ4v) is 3.13. The van der Waals surface area contributed by atoms with Crippen LogP contribution in [0.2, 0.25) is 0 Å². The van der Waals surface area contributed by atoms with E-state index in [9.17, 15) is 24.8 Å². The topological polar surface area (TPSA) is 154 Å². The summed E-state index contributed by atoms with van der Waals surface area (Å²) in [6.45, 7) is 3.42. The SMILES string of the molecule is CCC(C)C(Oc1nc(SC)nc(Oc2cc(OC)cc(C(=O)N(C)C)c2)c1[N+](=O)[O-])C(=O)O. The fourth-order valence-electron chi connectivity index (χ4n) is 2.78. The predicted molar refractivity (Wildman–Crippen MR) is 123 cm³/mol. The molecule has 0 saturated heterocycles. The molecule has 1 heterocycles. The number of hydrogen-bond acceptors (Lipinski definition) is 10. The Balaban J connectivity index is 2.63. The largest absolute Gasteiger partial charge is 0.497 e. The molecule has 0 bridgehead atoms. The molecule has 12 nitrogen and oxygen atoms in total. The zero-order chi connectivity index (χ0) is 25.6. The smallest absolute Gasteiger partial charge is 0.392 e. The van der Waals surface area contributed by atoms with Crippen LogP contribution in [0.15, 0.2) is 23.4 Å². The number of amides is 1. The summed E-state index contributed by atoms with van der Waals surface area (Å²) in [5.74, 6) is -2.75. The molecule has 0 spiro atoms. The first-order chi connectivity index (χ1) is 16.0. The highest BCUT2D eigenvalue weighted by Crippen LogP contribution is 2.39. The lowest BCUT2D eigenvalue weighted by Gasteiger charge is -2.20. The van der Waals surface area contributed by atoms with Crippen molar-refractivity contribution < 1.29 is 33.8 Å². The summed E-state index contributed by atoms with van der Waals surface area (Å²) in [7, 11) is 4.54. The minimum atomic E-state index is -1.37. The van der Waals surface area contributed by atoms with Crippen LogP contribution in [0.25, 0.3) is 0 Å². The molecule has 0 radical (unpaired) electrons. The zero-order valence-corrected chi connectivity index (χ0v) is 20.4. The second-order valence-corrected chi connectivity index (χ2v) is 8.16. The lowest BCUT2D eigenvalue weighted by atomic mass is 10.0. The first-order valence-electron chi connectivity index (χ1n) is 10.1. The van der Waals surface area contributed by atoms with Gasteiger partial charge in [-0.15, -0.1) is 0 Å². The summed E-state index contributed by atoms with van der Waals surface area (Å²) in [4.78, 5) is 44.7. The average Bonchev–Trinajstić information content (AvgIpc) is 2.80. The molecule has 34 heavy (non-hydrogen) atoms. The number of nitro groups is 1. The van der Waals surface area contributed by atoms with Crippen molar-refractivity contribution in [3.05, 3.63) is 33.9 Å². The number of carboxylic acid groups (broad SMARTS) is 1. The number of nitrogens with zero attached hydrogens (tertiary/aromatic N) is 4. The van der Waals surface area contributed by atoms with E-state index in [4.69, 9.17) is 14.2 Å².